The second-order valence-corrected chi connectivity index (χ2v) is 6.36. The number of hydrogen-bond donors (Lipinski definition) is 1. The molecule has 0 amide bonds. The predicted molar refractivity (Wildman–Crippen MR) is 94.2 cm³/mol. The average Bonchev–Trinajstić information content (AvgIpc) is 2.65. The van der Waals surface area contributed by atoms with Crippen molar-refractivity contribution in [1.82, 2.24) is 5.32 Å². The maximum absolute atomic E-state index is 11.0. The van der Waals surface area contributed by atoms with E-state index in [0.717, 1.165) is 30.7 Å². The van der Waals surface area contributed by atoms with Crippen LogP contribution in [0.1, 0.15) is 24.1 Å². The molecule has 4 nitrogen and oxygen atoms in total. The summed E-state index contributed by atoms with van der Waals surface area (Å²) in [6.07, 6.45) is -0.199. The van der Waals surface area contributed by atoms with E-state index in [1.807, 2.05) is 19.1 Å². The first-order chi connectivity index (χ1) is 11.8. The molecule has 1 unspecified atom stereocenters. The van der Waals surface area contributed by atoms with Gasteiger partial charge in [-0.15, -0.1) is 0 Å². The van der Waals surface area contributed by atoms with Crippen LogP contribution >= 0.6 is 0 Å². The topological polar surface area (TPSA) is 38.3 Å². The Morgan fingerprint density at radius 3 is 1.92 bits per heavy atom. The molecule has 0 spiro atoms. The lowest BCUT2D eigenvalue weighted by Crippen LogP contribution is -2.64. The summed E-state index contributed by atoms with van der Waals surface area (Å²) in [4.78, 5) is 11.0. The number of quaternary nitrogens is 1. The molecule has 1 aliphatic heterocycles. The molecule has 24 heavy (non-hydrogen) atoms. The fourth-order valence-electron chi connectivity index (χ4n) is 3.90. The summed E-state index contributed by atoms with van der Waals surface area (Å²) in [6.45, 7) is 6.27. The van der Waals surface area contributed by atoms with E-state index < -0.39 is 0 Å². The van der Waals surface area contributed by atoms with Crippen molar-refractivity contribution in [3.05, 3.63) is 71.8 Å². The predicted octanol–water partition coefficient (Wildman–Crippen LogP) is 2.72. The zero-order chi connectivity index (χ0) is 16.8. The highest BCUT2D eigenvalue weighted by Crippen LogP contribution is 2.38. The Hall–Kier alpha value is -2.17. The highest BCUT2D eigenvalue weighted by molar-refractivity contribution is 5.37. The van der Waals surface area contributed by atoms with Gasteiger partial charge in [0.15, 0.2) is 0 Å². The fourth-order valence-corrected chi connectivity index (χ4v) is 3.90. The van der Waals surface area contributed by atoms with Crippen LogP contribution in [0.25, 0.3) is 0 Å². The van der Waals surface area contributed by atoms with Gasteiger partial charge < -0.3 is 10.1 Å². The van der Waals surface area contributed by atoms with Gasteiger partial charge in [0.25, 0.3) is 6.47 Å². The molecule has 0 aromatic heterocycles. The Kier molecular flexibility index (Phi) is 5.28. The largest absolute Gasteiger partial charge is 0.415 e. The van der Waals surface area contributed by atoms with Crippen LogP contribution in [0.4, 0.5) is 0 Å². The third kappa shape index (κ3) is 3.21. The van der Waals surface area contributed by atoms with Crippen LogP contribution < -0.4 is 5.32 Å². The first-order valence-corrected chi connectivity index (χ1v) is 8.54. The number of carbonyl (C=O) groups is 1. The van der Waals surface area contributed by atoms with Crippen molar-refractivity contribution < 1.29 is 14.0 Å². The number of hydrogen-bond acceptors (Lipinski definition) is 3. The summed E-state index contributed by atoms with van der Waals surface area (Å²) in [7, 11) is 0. The summed E-state index contributed by atoms with van der Waals surface area (Å²) in [5.74, 6) is 0. The standard InChI is InChI=1S/C20H25N2O2/c1-17(24-16-23)22(14-12-21-13-15-22)20(18-8-4-2-5-9-18)19-10-6-3-7-11-19/h2-11,16-17,20-21H,12-15H2,1H3/q+1. The van der Waals surface area contributed by atoms with E-state index in [2.05, 4.69) is 53.8 Å². The van der Waals surface area contributed by atoms with Crippen LogP contribution in [0.2, 0.25) is 0 Å². The Labute approximate surface area is 143 Å². The van der Waals surface area contributed by atoms with Gasteiger partial charge in [0.2, 0.25) is 6.23 Å². The van der Waals surface area contributed by atoms with Gasteiger partial charge in [-0.05, 0) is 0 Å². The van der Waals surface area contributed by atoms with E-state index in [1.165, 1.54) is 11.1 Å². The lowest BCUT2D eigenvalue weighted by molar-refractivity contribution is -0.990. The molecule has 3 rings (SSSR count). The quantitative estimate of drug-likeness (QED) is 0.655. The number of nitrogens with one attached hydrogen (secondary N) is 1. The normalized spacial score (nSPS) is 18.1. The second kappa shape index (κ2) is 7.60. The fraction of sp³-hybridized carbons (Fsp3) is 0.350. The summed E-state index contributed by atoms with van der Waals surface area (Å²) in [5, 5.41) is 3.43. The minimum absolute atomic E-state index is 0.143. The van der Waals surface area contributed by atoms with Crippen LogP contribution in [0.5, 0.6) is 0 Å². The lowest BCUT2D eigenvalue weighted by Gasteiger charge is -2.50. The molecule has 1 N–H and O–H groups in total. The smallest absolute Gasteiger partial charge is 0.297 e. The van der Waals surface area contributed by atoms with Crippen LogP contribution in [-0.2, 0) is 9.53 Å². The Morgan fingerprint density at radius 2 is 1.46 bits per heavy atom. The molecule has 1 heterocycles. The molecule has 2 aromatic carbocycles. The lowest BCUT2D eigenvalue weighted by atomic mass is 9.93. The number of ether oxygens (including phenoxy) is 1. The van der Waals surface area contributed by atoms with E-state index in [1.54, 1.807) is 0 Å². The zero-order valence-corrected chi connectivity index (χ0v) is 14.1. The van der Waals surface area contributed by atoms with Crippen molar-refractivity contribution in [2.75, 3.05) is 26.2 Å². The first kappa shape index (κ1) is 16.7. The maximum atomic E-state index is 11.0. The highest BCUT2D eigenvalue weighted by Gasteiger charge is 2.45. The third-order valence-corrected chi connectivity index (χ3v) is 5.13. The molecular formula is C20H25N2O2+. The molecule has 1 fully saturated rings. The molecule has 1 saturated heterocycles. The molecule has 1 aliphatic rings. The molecular weight excluding hydrogens is 300 g/mol. The van der Waals surface area contributed by atoms with Crippen LogP contribution in [0.3, 0.4) is 0 Å². The van der Waals surface area contributed by atoms with E-state index in [9.17, 15) is 4.79 Å². The van der Waals surface area contributed by atoms with Gasteiger partial charge in [0, 0.05) is 31.1 Å². The van der Waals surface area contributed by atoms with Gasteiger partial charge in [0.05, 0.1) is 13.1 Å². The minimum Gasteiger partial charge on any atom is -0.415 e. The summed E-state index contributed by atoms with van der Waals surface area (Å²) < 4.78 is 6.19. The van der Waals surface area contributed by atoms with Crippen molar-refractivity contribution in [1.29, 1.82) is 0 Å². The van der Waals surface area contributed by atoms with Crippen molar-refractivity contribution in [3.63, 3.8) is 0 Å². The molecule has 0 radical (unpaired) electrons. The van der Waals surface area contributed by atoms with E-state index in [4.69, 9.17) is 4.74 Å². The van der Waals surface area contributed by atoms with Crippen LogP contribution in [-0.4, -0.2) is 43.4 Å². The van der Waals surface area contributed by atoms with Gasteiger partial charge in [0.1, 0.15) is 6.04 Å². The molecule has 126 valence electrons. The van der Waals surface area contributed by atoms with Crippen molar-refractivity contribution >= 4 is 6.47 Å². The Morgan fingerprint density at radius 1 is 0.958 bits per heavy atom. The van der Waals surface area contributed by atoms with Crippen LogP contribution in [0.15, 0.2) is 60.7 Å². The summed E-state index contributed by atoms with van der Waals surface area (Å²) in [6, 6.07) is 21.2. The molecule has 0 bridgehead atoms. The number of benzene rings is 2. The zero-order valence-electron chi connectivity index (χ0n) is 14.1. The molecule has 4 heteroatoms. The van der Waals surface area contributed by atoms with Gasteiger partial charge >= 0.3 is 0 Å². The number of carbonyl (C=O) groups excluding carboxylic acids is 1. The molecule has 1 atom stereocenters. The molecule has 0 aliphatic carbocycles. The molecule has 2 aromatic rings. The molecule has 0 saturated carbocycles. The van der Waals surface area contributed by atoms with Crippen LogP contribution in [0, 0.1) is 0 Å². The third-order valence-electron chi connectivity index (χ3n) is 5.13. The second-order valence-electron chi connectivity index (χ2n) is 6.36. The van der Waals surface area contributed by atoms with Crippen molar-refractivity contribution in [3.8, 4) is 0 Å². The van der Waals surface area contributed by atoms with Crippen molar-refractivity contribution in [2.45, 2.75) is 19.2 Å². The Balaban J connectivity index is 2.12. The highest BCUT2D eigenvalue weighted by atomic mass is 16.5. The van der Waals surface area contributed by atoms with Gasteiger partial charge in [-0.3, -0.25) is 9.28 Å². The van der Waals surface area contributed by atoms with Crippen molar-refractivity contribution in [2.24, 2.45) is 0 Å². The average molecular weight is 325 g/mol. The van der Waals surface area contributed by atoms with Gasteiger partial charge in [-0.2, -0.15) is 0 Å². The first-order valence-electron chi connectivity index (χ1n) is 8.54. The summed E-state index contributed by atoms with van der Waals surface area (Å²) >= 11 is 0. The Bertz CT molecular complexity index is 600. The van der Waals surface area contributed by atoms with E-state index in [-0.39, 0.29) is 12.3 Å². The van der Waals surface area contributed by atoms with E-state index in [0.29, 0.717) is 6.47 Å². The monoisotopic (exact) mass is 325 g/mol. The number of piperazine rings is 1. The maximum Gasteiger partial charge on any atom is 0.297 e. The van der Waals surface area contributed by atoms with E-state index >= 15 is 0 Å². The number of rotatable bonds is 6. The minimum atomic E-state index is -0.199. The van der Waals surface area contributed by atoms with Gasteiger partial charge in [-0.25, -0.2) is 0 Å². The SMILES string of the molecule is CC(OC=O)[N+]1(C(c2ccccc2)c2ccccc2)CCNCC1. The summed E-state index contributed by atoms with van der Waals surface area (Å²) in [5.41, 5.74) is 2.51. The van der Waals surface area contributed by atoms with Gasteiger partial charge in [-0.1, -0.05) is 60.7 Å². The number of nitrogens with zero attached hydrogens (tertiary/aromatic N) is 1.